The molecule has 0 unspecified atom stereocenters. The Morgan fingerprint density at radius 1 is 0.750 bits per heavy atom. The first kappa shape index (κ1) is 22.6. The monoisotopic (exact) mass is 434 g/mol. The van der Waals surface area contributed by atoms with Crippen LogP contribution in [-0.2, 0) is 14.2 Å². The van der Waals surface area contributed by atoms with Gasteiger partial charge in [-0.05, 0) is 38.4 Å². The summed E-state index contributed by atoms with van der Waals surface area (Å²) in [4.78, 5) is 13.4. The molecular weight excluding hydrogens is 402 g/mol. The molecule has 0 spiro atoms. The smallest absolute Gasteiger partial charge is 0.217 e. The number of hydrogen-bond donors (Lipinski definition) is 0. The summed E-state index contributed by atoms with van der Waals surface area (Å²) in [5.41, 5.74) is 0.800. The van der Waals surface area contributed by atoms with Gasteiger partial charge in [-0.2, -0.15) is 0 Å². The first-order valence-corrected chi connectivity index (χ1v) is 11.2. The molecule has 0 heterocycles. The minimum absolute atomic E-state index is 0.163. The summed E-state index contributed by atoms with van der Waals surface area (Å²) in [5, 5.41) is 7.08. The van der Waals surface area contributed by atoms with Crippen molar-refractivity contribution in [3.05, 3.63) is 60.2 Å². The lowest BCUT2D eigenvalue weighted by molar-refractivity contribution is -0.882. The van der Waals surface area contributed by atoms with Crippen molar-refractivity contribution in [2.45, 2.75) is 0 Å². The second-order valence-corrected chi connectivity index (χ2v) is 8.93. The molecule has 0 bridgehead atoms. The molecule has 0 atom stereocenters. The average molecular weight is 435 g/mol. The Hall–Kier alpha value is -2.57. The van der Waals surface area contributed by atoms with Gasteiger partial charge in [-0.3, -0.25) is 4.79 Å². The van der Waals surface area contributed by atoms with Crippen molar-refractivity contribution in [1.82, 2.24) is 0 Å². The fourth-order valence-electron chi connectivity index (χ4n) is 4.31. The van der Waals surface area contributed by atoms with E-state index in [9.17, 15) is 4.79 Å². The van der Waals surface area contributed by atoms with E-state index < -0.39 is 0 Å². The van der Waals surface area contributed by atoms with Gasteiger partial charge in [0, 0.05) is 12.7 Å². The van der Waals surface area contributed by atoms with Gasteiger partial charge in [-0.15, -0.1) is 0 Å². The fourth-order valence-corrected chi connectivity index (χ4v) is 4.31. The standard InChI is InChI=1S/C27H32NO4/c1-28(2,13-14-31-17-18-32-16-15-30-3)19-25(29)23-11-9-22-8-7-20-5-4-6-21-10-12-24(23)27(22)26(20)21/h4-12H,13-19H2,1-3H3/q+1. The molecule has 4 aromatic rings. The predicted octanol–water partition coefficient (Wildman–Crippen LogP) is 4.52. The van der Waals surface area contributed by atoms with E-state index >= 15 is 0 Å². The lowest BCUT2D eigenvalue weighted by atomic mass is 9.91. The number of carbonyl (C=O) groups is 1. The largest absolute Gasteiger partial charge is 0.382 e. The highest BCUT2D eigenvalue weighted by molar-refractivity contribution is 6.26. The number of likely N-dealkylation sites (N-methyl/N-ethyl adjacent to an activating group) is 1. The number of quaternary nitrogens is 1. The molecule has 4 aromatic carbocycles. The summed E-state index contributed by atoms with van der Waals surface area (Å²) >= 11 is 0. The second-order valence-electron chi connectivity index (χ2n) is 8.93. The molecule has 0 N–H and O–H groups in total. The van der Waals surface area contributed by atoms with Gasteiger partial charge in [-0.1, -0.05) is 48.5 Å². The van der Waals surface area contributed by atoms with Crippen molar-refractivity contribution in [2.75, 3.05) is 67.3 Å². The quantitative estimate of drug-likeness (QED) is 0.142. The van der Waals surface area contributed by atoms with Gasteiger partial charge in [0.25, 0.3) is 0 Å². The van der Waals surface area contributed by atoms with Crippen molar-refractivity contribution in [1.29, 1.82) is 0 Å². The van der Waals surface area contributed by atoms with E-state index in [1.54, 1.807) is 7.11 Å². The van der Waals surface area contributed by atoms with Crippen LogP contribution in [0.2, 0.25) is 0 Å². The number of ether oxygens (including phenoxy) is 3. The third-order valence-electron chi connectivity index (χ3n) is 6.05. The average Bonchev–Trinajstić information content (AvgIpc) is 2.78. The van der Waals surface area contributed by atoms with Crippen molar-refractivity contribution in [2.24, 2.45) is 0 Å². The molecule has 32 heavy (non-hydrogen) atoms. The number of nitrogens with zero attached hydrogens (tertiary/aromatic N) is 1. The summed E-state index contributed by atoms with van der Waals surface area (Å²) in [6.07, 6.45) is 0. The van der Waals surface area contributed by atoms with Gasteiger partial charge < -0.3 is 18.7 Å². The number of hydrogen-bond acceptors (Lipinski definition) is 4. The van der Waals surface area contributed by atoms with Crippen LogP contribution < -0.4 is 0 Å². The van der Waals surface area contributed by atoms with Crippen molar-refractivity contribution in [3.63, 3.8) is 0 Å². The lowest BCUT2D eigenvalue weighted by Gasteiger charge is -2.29. The molecule has 4 rings (SSSR count). The van der Waals surface area contributed by atoms with Gasteiger partial charge >= 0.3 is 0 Å². The molecule has 0 aliphatic carbocycles. The molecular formula is C27H32NO4+. The molecule has 0 aliphatic rings. The zero-order valence-electron chi connectivity index (χ0n) is 19.2. The van der Waals surface area contributed by atoms with Gasteiger partial charge in [0.1, 0.15) is 13.1 Å². The van der Waals surface area contributed by atoms with Crippen molar-refractivity contribution in [3.8, 4) is 0 Å². The molecule has 0 aromatic heterocycles. The Morgan fingerprint density at radius 3 is 2.06 bits per heavy atom. The van der Waals surface area contributed by atoms with E-state index in [0.717, 1.165) is 17.5 Å². The van der Waals surface area contributed by atoms with Gasteiger partial charge in [0.15, 0.2) is 0 Å². The highest BCUT2D eigenvalue weighted by Gasteiger charge is 2.23. The summed E-state index contributed by atoms with van der Waals surface area (Å²) in [6.45, 7) is 4.05. The zero-order chi connectivity index (χ0) is 22.6. The number of Topliss-reactive ketones (excluding diaryl/α,β-unsaturated/α-hetero) is 1. The maximum absolute atomic E-state index is 13.4. The first-order chi connectivity index (χ1) is 15.5. The van der Waals surface area contributed by atoms with E-state index in [4.69, 9.17) is 14.2 Å². The maximum atomic E-state index is 13.4. The topological polar surface area (TPSA) is 44.8 Å². The predicted molar refractivity (Wildman–Crippen MR) is 130 cm³/mol. The maximum Gasteiger partial charge on any atom is 0.217 e. The van der Waals surface area contributed by atoms with E-state index in [1.807, 2.05) is 6.07 Å². The first-order valence-electron chi connectivity index (χ1n) is 11.2. The lowest BCUT2D eigenvalue weighted by Crippen LogP contribution is -2.46. The fraction of sp³-hybridized carbons (Fsp3) is 0.370. The number of methoxy groups -OCH3 is 1. The summed E-state index contributed by atoms with van der Waals surface area (Å²) in [5.74, 6) is 0.163. The normalized spacial score (nSPS) is 12.3. The number of ketones is 1. The summed E-state index contributed by atoms with van der Waals surface area (Å²) < 4.78 is 16.6. The Morgan fingerprint density at radius 2 is 1.34 bits per heavy atom. The van der Waals surface area contributed by atoms with Crippen LogP contribution in [0.25, 0.3) is 32.3 Å². The van der Waals surface area contributed by atoms with Crippen LogP contribution in [0, 0.1) is 0 Å². The Bertz CT molecular complexity index is 1180. The molecule has 5 nitrogen and oxygen atoms in total. The molecule has 0 radical (unpaired) electrons. The Labute approximate surface area is 189 Å². The third kappa shape index (κ3) is 4.92. The molecule has 0 fully saturated rings. The molecule has 0 saturated carbocycles. The Kier molecular flexibility index (Phi) is 7.01. The number of rotatable bonds is 12. The van der Waals surface area contributed by atoms with Gasteiger partial charge in [0.05, 0.1) is 47.1 Å². The highest BCUT2D eigenvalue weighted by atomic mass is 16.5. The van der Waals surface area contributed by atoms with Crippen LogP contribution in [0.1, 0.15) is 10.4 Å². The molecule has 168 valence electrons. The minimum Gasteiger partial charge on any atom is -0.382 e. The number of benzene rings is 4. The number of carbonyl (C=O) groups excluding carboxylic acids is 1. The van der Waals surface area contributed by atoms with Crippen molar-refractivity contribution >= 4 is 38.1 Å². The van der Waals surface area contributed by atoms with Gasteiger partial charge in [-0.25, -0.2) is 0 Å². The summed E-state index contributed by atoms with van der Waals surface area (Å²) in [6, 6.07) is 19.0. The molecule has 0 saturated heterocycles. The van der Waals surface area contributed by atoms with Crippen LogP contribution in [0.5, 0.6) is 0 Å². The summed E-state index contributed by atoms with van der Waals surface area (Å²) in [7, 11) is 5.81. The van der Waals surface area contributed by atoms with Crippen LogP contribution in [0.4, 0.5) is 0 Å². The molecule has 5 heteroatoms. The van der Waals surface area contributed by atoms with Crippen LogP contribution >= 0.6 is 0 Å². The Balaban J connectivity index is 1.44. The van der Waals surface area contributed by atoms with E-state index in [1.165, 1.54) is 26.9 Å². The molecule has 0 amide bonds. The minimum atomic E-state index is 0.163. The van der Waals surface area contributed by atoms with Crippen molar-refractivity contribution < 1.29 is 23.5 Å². The third-order valence-corrected chi connectivity index (χ3v) is 6.05. The van der Waals surface area contributed by atoms with Gasteiger partial charge in [0.2, 0.25) is 5.78 Å². The highest BCUT2D eigenvalue weighted by Crippen LogP contribution is 2.36. The second kappa shape index (κ2) is 9.92. The van der Waals surface area contributed by atoms with E-state index in [2.05, 4.69) is 62.6 Å². The van der Waals surface area contributed by atoms with Crippen LogP contribution in [0.3, 0.4) is 0 Å². The SMILES string of the molecule is COCCOCCOCC[N+](C)(C)CC(=O)c1ccc2ccc3cccc4ccc1c2c34. The van der Waals surface area contributed by atoms with Crippen LogP contribution in [0.15, 0.2) is 54.6 Å². The van der Waals surface area contributed by atoms with Crippen LogP contribution in [-0.4, -0.2) is 77.6 Å². The van der Waals surface area contributed by atoms with E-state index in [0.29, 0.717) is 44.1 Å². The zero-order valence-corrected chi connectivity index (χ0v) is 19.2. The van der Waals surface area contributed by atoms with E-state index in [-0.39, 0.29) is 5.78 Å². The molecule has 0 aliphatic heterocycles.